The van der Waals surface area contributed by atoms with E-state index in [1.807, 2.05) is 42.5 Å². The Morgan fingerprint density at radius 3 is 2.46 bits per heavy atom. The van der Waals surface area contributed by atoms with Gasteiger partial charge in [-0.3, -0.25) is 4.98 Å². The zero-order valence-corrected chi connectivity index (χ0v) is 20.0. The third-order valence-corrected chi connectivity index (χ3v) is 6.61. The molecule has 1 aliphatic heterocycles. The third kappa shape index (κ3) is 4.90. The predicted octanol–water partition coefficient (Wildman–Crippen LogP) is 6.43. The van der Waals surface area contributed by atoms with Crippen molar-refractivity contribution in [2.75, 3.05) is 13.1 Å². The normalized spacial score (nSPS) is 14.1. The van der Waals surface area contributed by atoms with E-state index in [4.69, 9.17) is 4.74 Å². The molecule has 0 spiro atoms. The summed E-state index contributed by atoms with van der Waals surface area (Å²) < 4.78 is 34.7. The van der Waals surface area contributed by atoms with Crippen LogP contribution in [0.15, 0.2) is 85.3 Å². The molecule has 0 unspecified atom stereocenters. The first-order valence-corrected chi connectivity index (χ1v) is 12.3. The number of rotatable bonds is 5. The monoisotopic (exact) mass is 494 g/mol. The molecule has 184 valence electrons. The van der Waals surface area contributed by atoms with Gasteiger partial charge in [0.05, 0.1) is 5.69 Å². The summed E-state index contributed by atoms with van der Waals surface area (Å²) in [7, 11) is 0. The number of fused-ring (bicyclic) bond motifs is 1. The molecule has 0 aliphatic carbocycles. The molecule has 0 bridgehead atoms. The Bertz CT molecular complexity index is 1570. The lowest BCUT2D eigenvalue weighted by molar-refractivity contribution is 0.162. The first-order valence-electron chi connectivity index (χ1n) is 12.3. The molecule has 7 heteroatoms. The number of aromatic nitrogens is 3. The first-order chi connectivity index (χ1) is 18.1. The lowest BCUT2D eigenvalue weighted by atomic mass is 9.98. The highest BCUT2D eigenvalue weighted by molar-refractivity contribution is 5.95. The van der Waals surface area contributed by atoms with Crippen molar-refractivity contribution in [3.05, 3.63) is 97.0 Å². The highest BCUT2D eigenvalue weighted by Crippen LogP contribution is 2.34. The van der Waals surface area contributed by atoms with Crippen LogP contribution < -0.4 is 10.1 Å². The van der Waals surface area contributed by atoms with E-state index in [2.05, 4.69) is 20.3 Å². The molecule has 0 saturated carbocycles. The number of piperidine rings is 1. The molecule has 5 aromatic rings. The maximum Gasteiger partial charge on any atom is 0.160 e. The Labute approximate surface area is 213 Å². The molecular weight excluding hydrogens is 470 g/mol. The quantitative estimate of drug-likeness (QED) is 0.305. The number of pyridine rings is 3. The number of hydrogen-bond donors (Lipinski definition) is 1. The lowest BCUT2D eigenvalue weighted by Crippen LogP contribution is -2.34. The Kier molecular flexibility index (Phi) is 6.28. The van der Waals surface area contributed by atoms with Crippen molar-refractivity contribution in [3.63, 3.8) is 0 Å². The fraction of sp³-hybridized carbons (Fsp3) is 0.167. The van der Waals surface area contributed by atoms with Crippen molar-refractivity contribution in [1.82, 2.24) is 20.3 Å². The van der Waals surface area contributed by atoms with Crippen LogP contribution in [0.25, 0.3) is 44.5 Å². The van der Waals surface area contributed by atoms with Crippen LogP contribution in [0.2, 0.25) is 0 Å². The van der Waals surface area contributed by atoms with Crippen molar-refractivity contribution in [3.8, 4) is 39.3 Å². The zero-order valence-electron chi connectivity index (χ0n) is 20.0. The average molecular weight is 495 g/mol. The molecule has 0 amide bonds. The highest BCUT2D eigenvalue weighted by Gasteiger charge is 2.16. The first kappa shape index (κ1) is 23.2. The van der Waals surface area contributed by atoms with Gasteiger partial charge >= 0.3 is 0 Å². The largest absolute Gasteiger partial charge is 0.490 e. The topological polar surface area (TPSA) is 59.9 Å². The van der Waals surface area contributed by atoms with Gasteiger partial charge in [-0.15, -0.1) is 0 Å². The SMILES string of the molecule is Fc1ccc(F)c(-c2cc(-c3cncc(-c4ccc(OC5CCNCC5)cc4)c3)c3cccnc3n2)c1. The number of nitrogens with one attached hydrogen (secondary N) is 1. The van der Waals surface area contributed by atoms with Crippen LogP contribution in [0.1, 0.15) is 12.8 Å². The molecule has 37 heavy (non-hydrogen) atoms. The predicted molar refractivity (Wildman–Crippen MR) is 140 cm³/mol. The van der Waals surface area contributed by atoms with Gasteiger partial charge in [-0.05, 0) is 91.7 Å². The van der Waals surface area contributed by atoms with E-state index in [0.29, 0.717) is 11.3 Å². The molecule has 0 atom stereocenters. The number of halogens is 2. The van der Waals surface area contributed by atoms with E-state index in [1.165, 1.54) is 0 Å². The highest BCUT2D eigenvalue weighted by atomic mass is 19.1. The molecular formula is C30H24F2N4O. The summed E-state index contributed by atoms with van der Waals surface area (Å²) >= 11 is 0. The minimum absolute atomic E-state index is 0.0854. The second kappa shape index (κ2) is 10.0. The molecule has 1 fully saturated rings. The lowest BCUT2D eigenvalue weighted by Gasteiger charge is -2.23. The van der Waals surface area contributed by atoms with Crippen molar-refractivity contribution >= 4 is 11.0 Å². The van der Waals surface area contributed by atoms with Crippen molar-refractivity contribution in [2.24, 2.45) is 0 Å². The number of ether oxygens (including phenoxy) is 1. The maximum atomic E-state index is 14.6. The third-order valence-electron chi connectivity index (χ3n) is 6.61. The van der Waals surface area contributed by atoms with Crippen molar-refractivity contribution in [2.45, 2.75) is 18.9 Å². The van der Waals surface area contributed by atoms with Crippen molar-refractivity contribution < 1.29 is 13.5 Å². The Hall–Kier alpha value is -4.23. The molecule has 6 rings (SSSR count). The summed E-state index contributed by atoms with van der Waals surface area (Å²) in [5.41, 5.74) is 4.38. The van der Waals surface area contributed by atoms with Crippen molar-refractivity contribution in [1.29, 1.82) is 0 Å². The van der Waals surface area contributed by atoms with Gasteiger partial charge in [0.15, 0.2) is 5.65 Å². The van der Waals surface area contributed by atoms with Crippen LogP contribution in [0.4, 0.5) is 8.78 Å². The molecule has 1 saturated heterocycles. The molecule has 1 aliphatic rings. The van der Waals surface area contributed by atoms with Crippen LogP contribution in [-0.2, 0) is 0 Å². The van der Waals surface area contributed by atoms with E-state index in [-0.39, 0.29) is 11.7 Å². The molecule has 0 radical (unpaired) electrons. The fourth-order valence-electron chi connectivity index (χ4n) is 4.70. The maximum absolute atomic E-state index is 14.6. The van der Waals surface area contributed by atoms with Gasteiger partial charge in [0, 0.05) is 40.7 Å². The van der Waals surface area contributed by atoms with E-state index < -0.39 is 11.6 Å². The Morgan fingerprint density at radius 2 is 1.62 bits per heavy atom. The summed E-state index contributed by atoms with van der Waals surface area (Å²) in [6, 6.07) is 18.9. The van der Waals surface area contributed by atoms with Gasteiger partial charge in [-0.1, -0.05) is 12.1 Å². The van der Waals surface area contributed by atoms with E-state index >= 15 is 0 Å². The zero-order chi connectivity index (χ0) is 25.2. The molecule has 5 nitrogen and oxygen atoms in total. The van der Waals surface area contributed by atoms with E-state index in [1.54, 1.807) is 24.7 Å². The van der Waals surface area contributed by atoms with Gasteiger partial charge in [0.25, 0.3) is 0 Å². The van der Waals surface area contributed by atoms with E-state index in [9.17, 15) is 8.78 Å². The summed E-state index contributed by atoms with van der Waals surface area (Å²) in [4.78, 5) is 13.4. The van der Waals surface area contributed by atoms with E-state index in [0.717, 1.165) is 77.5 Å². The average Bonchev–Trinajstić information content (AvgIpc) is 2.95. The summed E-state index contributed by atoms with van der Waals surface area (Å²) in [5.74, 6) is -0.223. The fourth-order valence-corrected chi connectivity index (χ4v) is 4.70. The van der Waals surface area contributed by atoms with Crippen LogP contribution in [0, 0.1) is 11.6 Å². The second-order valence-electron chi connectivity index (χ2n) is 9.11. The van der Waals surface area contributed by atoms with Gasteiger partial charge in [-0.2, -0.15) is 0 Å². The second-order valence-corrected chi connectivity index (χ2v) is 9.11. The van der Waals surface area contributed by atoms with Gasteiger partial charge in [0.1, 0.15) is 23.5 Å². The Balaban J connectivity index is 1.37. The molecule has 1 N–H and O–H groups in total. The molecule has 4 heterocycles. The minimum Gasteiger partial charge on any atom is -0.490 e. The summed E-state index contributed by atoms with van der Waals surface area (Å²) in [5, 5.41) is 4.15. The standard InChI is InChI=1S/C30H24F2N4O/c31-22-5-8-28(32)27(15-22)29-16-26(25-2-1-11-35-30(25)36-29)21-14-20(17-34-18-21)19-3-6-23(7-4-19)37-24-9-12-33-13-10-24/h1-8,11,14-18,24,33H,9-10,12-13H2. The molecule has 2 aromatic carbocycles. The number of nitrogens with zero attached hydrogens (tertiary/aromatic N) is 3. The summed E-state index contributed by atoms with van der Waals surface area (Å²) in [6.07, 6.45) is 7.44. The number of benzene rings is 2. The Morgan fingerprint density at radius 1 is 0.811 bits per heavy atom. The van der Waals surface area contributed by atoms with Crippen LogP contribution in [0.3, 0.4) is 0 Å². The van der Waals surface area contributed by atoms with Gasteiger partial charge in [-0.25, -0.2) is 18.7 Å². The smallest absolute Gasteiger partial charge is 0.160 e. The van der Waals surface area contributed by atoms with Gasteiger partial charge in [0.2, 0.25) is 0 Å². The summed E-state index contributed by atoms with van der Waals surface area (Å²) in [6.45, 7) is 1.96. The van der Waals surface area contributed by atoms with Crippen LogP contribution in [-0.4, -0.2) is 34.1 Å². The number of hydrogen-bond acceptors (Lipinski definition) is 5. The molecule has 3 aromatic heterocycles. The van der Waals surface area contributed by atoms with Gasteiger partial charge < -0.3 is 10.1 Å². The van der Waals surface area contributed by atoms with Crippen LogP contribution >= 0.6 is 0 Å². The van der Waals surface area contributed by atoms with Crippen LogP contribution in [0.5, 0.6) is 5.75 Å². The minimum atomic E-state index is -0.547.